The summed E-state index contributed by atoms with van der Waals surface area (Å²) in [7, 11) is 0. The predicted octanol–water partition coefficient (Wildman–Crippen LogP) is 1.24. The summed E-state index contributed by atoms with van der Waals surface area (Å²) in [5.74, 6) is -1.44. The fourth-order valence-corrected chi connectivity index (χ4v) is 1.04. The van der Waals surface area contributed by atoms with E-state index in [0.717, 1.165) is 12.3 Å². The molecule has 7 heteroatoms. The molecule has 0 aliphatic heterocycles. The molecule has 1 N–H and O–H groups in total. The molecule has 0 spiro atoms. The fraction of sp³-hybridized carbons (Fsp3) is 0. The van der Waals surface area contributed by atoms with Crippen molar-refractivity contribution in [3.63, 3.8) is 0 Å². The highest BCUT2D eigenvalue weighted by atomic mass is 32.1. The summed E-state index contributed by atoms with van der Waals surface area (Å²) in [6.07, 6.45) is 1.10. The highest BCUT2D eigenvalue weighted by molar-refractivity contribution is 7.80. The Morgan fingerprint density at radius 2 is 2.31 bits per heavy atom. The van der Waals surface area contributed by atoms with Crippen molar-refractivity contribution in [3.05, 3.63) is 27.9 Å². The van der Waals surface area contributed by atoms with Crippen LogP contribution in [0.5, 0.6) is 0 Å². The Balaban J connectivity index is 3.43. The lowest BCUT2D eigenvalue weighted by atomic mass is 10.2. The molecule has 0 atom stereocenters. The van der Waals surface area contributed by atoms with Crippen LogP contribution in [0.15, 0.2) is 17.3 Å². The number of carbonyl (C=O) groups is 1. The zero-order chi connectivity index (χ0) is 10.0. The lowest BCUT2D eigenvalue weighted by Gasteiger charge is -1.97. The topological polar surface area (TPSA) is 93.3 Å². The number of carboxylic acids is 1. The average molecular weight is 199 g/mol. The molecular formula is C6H3N2O4S. The number of hydrogen-bond donors (Lipinski definition) is 1. The second-order valence-electron chi connectivity index (χ2n) is 2.07. The molecule has 1 radical (unpaired) electrons. The average Bonchev–Trinajstić information content (AvgIpc) is 2.02. The Morgan fingerprint density at radius 3 is 2.69 bits per heavy atom. The minimum Gasteiger partial charge on any atom is -0.477 e. The van der Waals surface area contributed by atoms with Gasteiger partial charge in [0.15, 0.2) is 5.56 Å². The summed E-state index contributed by atoms with van der Waals surface area (Å²) in [4.78, 5) is 23.6. The smallest absolute Gasteiger partial charge is 0.345 e. The molecule has 0 aliphatic rings. The molecule has 13 heavy (non-hydrogen) atoms. The van der Waals surface area contributed by atoms with Crippen molar-refractivity contribution >= 4 is 24.3 Å². The van der Waals surface area contributed by atoms with Crippen molar-refractivity contribution < 1.29 is 14.8 Å². The van der Waals surface area contributed by atoms with Crippen LogP contribution in [-0.2, 0) is 0 Å². The van der Waals surface area contributed by atoms with E-state index in [1.54, 1.807) is 0 Å². The second-order valence-corrected chi connectivity index (χ2v) is 2.46. The molecule has 1 heterocycles. The van der Waals surface area contributed by atoms with Gasteiger partial charge in [-0.2, -0.15) is 0 Å². The van der Waals surface area contributed by atoms with E-state index in [4.69, 9.17) is 5.11 Å². The first-order valence-corrected chi connectivity index (χ1v) is 3.48. The number of pyridine rings is 1. The van der Waals surface area contributed by atoms with E-state index in [1.165, 1.54) is 0 Å². The van der Waals surface area contributed by atoms with Crippen LogP contribution in [-0.4, -0.2) is 21.0 Å². The first kappa shape index (κ1) is 9.33. The van der Waals surface area contributed by atoms with Gasteiger partial charge < -0.3 is 5.11 Å². The molecule has 0 saturated carbocycles. The third-order valence-electron chi connectivity index (χ3n) is 1.30. The number of rotatable bonds is 2. The summed E-state index contributed by atoms with van der Waals surface area (Å²) < 4.78 is 0. The van der Waals surface area contributed by atoms with Gasteiger partial charge in [-0.1, -0.05) is 12.6 Å². The molecule has 0 unspecified atom stereocenters. The monoisotopic (exact) mass is 199 g/mol. The third kappa shape index (κ3) is 1.70. The molecule has 0 bridgehead atoms. The fourth-order valence-electron chi connectivity index (χ4n) is 0.786. The van der Waals surface area contributed by atoms with Gasteiger partial charge in [0.05, 0.1) is 4.92 Å². The molecule has 67 valence electrons. The van der Waals surface area contributed by atoms with Crippen LogP contribution < -0.4 is 0 Å². The van der Waals surface area contributed by atoms with E-state index in [9.17, 15) is 14.9 Å². The molecule has 0 saturated heterocycles. The molecular weight excluding hydrogens is 196 g/mol. The van der Waals surface area contributed by atoms with E-state index in [1.807, 2.05) is 0 Å². The van der Waals surface area contributed by atoms with Crippen molar-refractivity contribution in [2.75, 3.05) is 0 Å². The van der Waals surface area contributed by atoms with E-state index in [0.29, 0.717) is 0 Å². The highest BCUT2D eigenvalue weighted by Crippen LogP contribution is 2.22. The number of aromatic carboxylic acids is 1. The quantitative estimate of drug-likeness (QED) is 0.571. The predicted molar refractivity (Wildman–Crippen MR) is 43.7 cm³/mol. The lowest BCUT2D eigenvalue weighted by Crippen LogP contribution is -2.04. The molecule has 0 amide bonds. The Hall–Kier alpha value is -1.76. The van der Waals surface area contributed by atoms with Gasteiger partial charge in [0.1, 0.15) is 5.03 Å². The van der Waals surface area contributed by atoms with Crippen LogP contribution in [0, 0.1) is 10.1 Å². The van der Waals surface area contributed by atoms with E-state index >= 15 is 0 Å². The van der Waals surface area contributed by atoms with Gasteiger partial charge in [0, 0.05) is 12.3 Å². The first-order chi connectivity index (χ1) is 6.04. The normalized spacial score (nSPS) is 9.54. The van der Waals surface area contributed by atoms with Crippen LogP contribution in [0.2, 0.25) is 0 Å². The lowest BCUT2D eigenvalue weighted by molar-refractivity contribution is -0.385. The number of carboxylic acid groups (broad SMARTS) is 1. The van der Waals surface area contributed by atoms with Gasteiger partial charge in [-0.15, -0.1) is 0 Å². The summed E-state index contributed by atoms with van der Waals surface area (Å²) in [5.41, 5.74) is -1.07. The SMILES string of the molecule is O=C(O)c1c([N+](=O)[O-])ccnc1[S]. The number of aromatic nitrogens is 1. The second kappa shape index (κ2) is 3.31. The van der Waals surface area contributed by atoms with Crippen molar-refractivity contribution in [1.82, 2.24) is 4.98 Å². The standard InChI is InChI=1S/C6H3N2O4S/c9-6(10)4-3(8(11)12)1-2-7-5(4)13/h1-2H,(H,9,10). The third-order valence-corrected chi connectivity index (χ3v) is 1.61. The van der Waals surface area contributed by atoms with Crippen LogP contribution in [0.1, 0.15) is 10.4 Å². The van der Waals surface area contributed by atoms with Crippen molar-refractivity contribution in [1.29, 1.82) is 0 Å². The Kier molecular flexibility index (Phi) is 2.38. The Morgan fingerprint density at radius 1 is 1.69 bits per heavy atom. The maximum absolute atomic E-state index is 10.5. The van der Waals surface area contributed by atoms with Gasteiger partial charge in [-0.25, -0.2) is 9.78 Å². The summed E-state index contributed by atoms with van der Waals surface area (Å²) >= 11 is 4.54. The zero-order valence-electron chi connectivity index (χ0n) is 6.13. The molecule has 1 aromatic heterocycles. The van der Waals surface area contributed by atoms with E-state index in [2.05, 4.69) is 17.6 Å². The van der Waals surface area contributed by atoms with Crippen LogP contribution in [0.25, 0.3) is 0 Å². The van der Waals surface area contributed by atoms with Crippen molar-refractivity contribution in [2.24, 2.45) is 0 Å². The van der Waals surface area contributed by atoms with Gasteiger partial charge in [-0.05, 0) is 0 Å². The number of hydrogen-bond acceptors (Lipinski definition) is 4. The summed E-state index contributed by atoms with van der Waals surface area (Å²) in [5, 5.41) is 18.7. The van der Waals surface area contributed by atoms with Gasteiger partial charge in [0.25, 0.3) is 5.69 Å². The molecule has 0 fully saturated rings. The Bertz CT molecular complexity index is 379. The van der Waals surface area contributed by atoms with E-state index < -0.39 is 22.1 Å². The largest absolute Gasteiger partial charge is 0.477 e. The maximum Gasteiger partial charge on any atom is 0.345 e. The molecule has 0 aliphatic carbocycles. The van der Waals surface area contributed by atoms with Gasteiger partial charge in [0.2, 0.25) is 0 Å². The highest BCUT2D eigenvalue weighted by Gasteiger charge is 2.23. The van der Waals surface area contributed by atoms with Crippen molar-refractivity contribution in [2.45, 2.75) is 5.03 Å². The van der Waals surface area contributed by atoms with Crippen LogP contribution in [0.3, 0.4) is 0 Å². The minimum atomic E-state index is -1.44. The summed E-state index contributed by atoms with van der Waals surface area (Å²) in [6, 6.07) is 0.999. The molecule has 0 aromatic carbocycles. The first-order valence-electron chi connectivity index (χ1n) is 3.07. The molecule has 1 rings (SSSR count). The molecule has 6 nitrogen and oxygen atoms in total. The molecule has 1 aromatic rings. The summed E-state index contributed by atoms with van der Waals surface area (Å²) in [6.45, 7) is 0. The maximum atomic E-state index is 10.5. The van der Waals surface area contributed by atoms with Crippen molar-refractivity contribution in [3.8, 4) is 0 Å². The van der Waals surface area contributed by atoms with Crippen LogP contribution >= 0.6 is 12.6 Å². The zero-order valence-corrected chi connectivity index (χ0v) is 6.95. The Labute approximate surface area is 77.8 Å². The van der Waals surface area contributed by atoms with Crippen LogP contribution in [0.4, 0.5) is 5.69 Å². The van der Waals surface area contributed by atoms with Gasteiger partial charge in [-0.3, -0.25) is 10.1 Å². The minimum absolute atomic E-state index is 0.276. The number of nitrogens with zero attached hydrogens (tertiary/aromatic N) is 2. The number of nitro groups is 1. The van der Waals surface area contributed by atoms with Gasteiger partial charge >= 0.3 is 5.97 Å². The van der Waals surface area contributed by atoms with E-state index in [-0.39, 0.29) is 5.03 Å².